The van der Waals surface area contributed by atoms with Gasteiger partial charge in [0, 0.05) is 24.7 Å². The molecule has 0 amide bonds. The van der Waals surface area contributed by atoms with E-state index in [4.69, 9.17) is 0 Å². The second-order valence-corrected chi connectivity index (χ2v) is 8.84. The van der Waals surface area contributed by atoms with Crippen LogP contribution in [-0.4, -0.2) is 56.3 Å². The number of fused-ring (bicyclic) bond motifs is 1. The first-order chi connectivity index (χ1) is 9.54. The summed E-state index contributed by atoms with van der Waals surface area (Å²) in [7, 11) is -3.19. The highest BCUT2D eigenvalue weighted by Crippen LogP contribution is 2.27. The molecule has 6 heteroatoms. The van der Waals surface area contributed by atoms with Crippen molar-refractivity contribution in [2.24, 2.45) is 0 Å². The van der Waals surface area contributed by atoms with E-state index in [2.05, 4.69) is 14.9 Å². The zero-order valence-electron chi connectivity index (χ0n) is 12.3. The van der Waals surface area contributed by atoms with Crippen molar-refractivity contribution in [2.75, 3.05) is 19.6 Å². The van der Waals surface area contributed by atoms with Crippen molar-refractivity contribution in [3.63, 3.8) is 0 Å². The molecule has 1 aliphatic carbocycles. The lowest BCUT2D eigenvalue weighted by molar-refractivity contribution is 0.176. The van der Waals surface area contributed by atoms with Crippen LogP contribution in [0.2, 0.25) is 0 Å². The van der Waals surface area contributed by atoms with Gasteiger partial charge in [-0.15, -0.1) is 0 Å². The molecule has 3 rings (SSSR count). The molecule has 0 bridgehead atoms. The molecule has 2 saturated heterocycles. The molecule has 0 aromatic carbocycles. The van der Waals surface area contributed by atoms with Crippen LogP contribution >= 0.6 is 0 Å². The minimum atomic E-state index is -3.19. The summed E-state index contributed by atoms with van der Waals surface area (Å²) in [6.45, 7) is 4.63. The molecule has 2 aliphatic heterocycles. The highest BCUT2D eigenvalue weighted by atomic mass is 32.2. The van der Waals surface area contributed by atoms with Crippen LogP contribution in [0.3, 0.4) is 0 Å². The smallest absolute Gasteiger partial charge is 0.215 e. The first-order valence-corrected chi connectivity index (χ1v) is 9.58. The maximum atomic E-state index is 12.4. The molecule has 2 N–H and O–H groups in total. The van der Waals surface area contributed by atoms with Crippen LogP contribution in [-0.2, 0) is 10.0 Å². The fraction of sp³-hybridized carbons (Fsp3) is 1.00. The molecule has 3 fully saturated rings. The van der Waals surface area contributed by atoms with Gasteiger partial charge in [-0.3, -0.25) is 0 Å². The lowest BCUT2D eigenvalue weighted by Crippen LogP contribution is -2.50. The molecule has 20 heavy (non-hydrogen) atoms. The van der Waals surface area contributed by atoms with Crippen LogP contribution in [0.25, 0.3) is 0 Å². The zero-order valence-corrected chi connectivity index (χ0v) is 13.2. The normalized spacial score (nSPS) is 33.0. The van der Waals surface area contributed by atoms with Crippen molar-refractivity contribution in [3.05, 3.63) is 0 Å². The second-order valence-electron chi connectivity index (χ2n) is 6.71. The van der Waals surface area contributed by atoms with Gasteiger partial charge in [0.05, 0.1) is 5.25 Å². The molecule has 3 unspecified atom stereocenters. The average molecular weight is 301 g/mol. The molecule has 3 atom stereocenters. The Bertz CT molecular complexity index is 436. The third-order valence-corrected chi connectivity index (χ3v) is 6.84. The van der Waals surface area contributed by atoms with Crippen molar-refractivity contribution in [2.45, 2.75) is 68.8 Å². The molecular formula is C14H27N3O2S. The Kier molecular flexibility index (Phi) is 4.36. The van der Waals surface area contributed by atoms with E-state index in [1.54, 1.807) is 0 Å². The third kappa shape index (κ3) is 3.53. The number of hydrogen-bond acceptors (Lipinski definition) is 4. The predicted molar refractivity (Wildman–Crippen MR) is 80.2 cm³/mol. The van der Waals surface area contributed by atoms with Crippen LogP contribution < -0.4 is 10.0 Å². The molecule has 3 aliphatic rings. The van der Waals surface area contributed by atoms with Crippen molar-refractivity contribution in [1.82, 2.24) is 14.9 Å². The summed E-state index contributed by atoms with van der Waals surface area (Å²) in [6.07, 6.45) is 6.84. The third-order valence-electron chi connectivity index (χ3n) is 4.95. The summed E-state index contributed by atoms with van der Waals surface area (Å²) < 4.78 is 27.7. The van der Waals surface area contributed by atoms with Gasteiger partial charge in [-0.25, -0.2) is 13.1 Å². The van der Waals surface area contributed by atoms with Gasteiger partial charge in [0.1, 0.15) is 0 Å². The highest BCUT2D eigenvalue weighted by Gasteiger charge is 2.34. The Balaban J connectivity index is 1.50. The van der Waals surface area contributed by atoms with E-state index in [0.717, 1.165) is 19.4 Å². The fourth-order valence-corrected chi connectivity index (χ4v) is 4.64. The maximum absolute atomic E-state index is 12.4. The number of nitrogens with zero attached hydrogens (tertiary/aromatic N) is 1. The van der Waals surface area contributed by atoms with Gasteiger partial charge < -0.3 is 10.2 Å². The van der Waals surface area contributed by atoms with E-state index in [9.17, 15) is 8.42 Å². The Morgan fingerprint density at radius 2 is 1.95 bits per heavy atom. The number of sulfonamides is 1. The number of rotatable bonds is 6. The zero-order chi connectivity index (χ0) is 14.2. The second kappa shape index (κ2) is 5.91. The molecule has 1 saturated carbocycles. The van der Waals surface area contributed by atoms with Crippen molar-refractivity contribution >= 4 is 10.0 Å². The van der Waals surface area contributed by atoms with Gasteiger partial charge in [-0.1, -0.05) is 0 Å². The minimum absolute atomic E-state index is 0.141. The summed E-state index contributed by atoms with van der Waals surface area (Å²) in [6, 6.07) is 1.31. The van der Waals surface area contributed by atoms with Crippen LogP contribution in [0, 0.1) is 0 Å². The van der Waals surface area contributed by atoms with Gasteiger partial charge in [-0.2, -0.15) is 0 Å². The minimum Gasteiger partial charge on any atom is -0.313 e. The predicted octanol–water partition coefficient (Wildman–Crippen LogP) is 0.673. The SMILES string of the molecule is CC(CNC1CC1)S(=O)(=O)NC1CCN2CCCC2C1. The summed E-state index contributed by atoms with van der Waals surface area (Å²) in [5.41, 5.74) is 0. The topological polar surface area (TPSA) is 61.4 Å². The van der Waals surface area contributed by atoms with Gasteiger partial charge in [0.2, 0.25) is 10.0 Å². The molecule has 116 valence electrons. The van der Waals surface area contributed by atoms with Crippen molar-refractivity contribution < 1.29 is 8.42 Å². The van der Waals surface area contributed by atoms with Crippen LogP contribution in [0.5, 0.6) is 0 Å². The van der Waals surface area contributed by atoms with Gasteiger partial charge in [-0.05, 0) is 58.5 Å². The molecule has 0 aromatic rings. The summed E-state index contributed by atoms with van der Waals surface area (Å²) in [5, 5.41) is 2.97. The average Bonchev–Trinajstić information content (AvgIpc) is 3.12. The summed E-state index contributed by atoms with van der Waals surface area (Å²) in [5.74, 6) is 0. The Morgan fingerprint density at radius 3 is 2.70 bits per heavy atom. The fourth-order valence-electron chi connectivity index (χ4n) is 3.41. The number of hydrogen-bond donors (Lipinski definition) is 2. The highest BCUT2D eigenvalue weighted by molar-refractivity contribution is 7.90. The van der Waals surface area contributed by atoms with Crippen molar-refractivity contribution in [3.8, 4) is 0 Å². The van der Waals surface area contributed by atoms with E-state index >= 15 is 0 Å². The standard InChI is InChI=1S/C14H27N3O2S/c1-11(10-15-12-4-5-12)20(18,19)16-13-6-8-17-7-2-3-14(17)9-13/h11-16H,2-10H2,1H3. The largest absolute Gasteiger partial charge is 0.313 e. The molecule has 0 spiro atoms. The van der Waals surface area contributed by atoms with Crippen LogP contribution in [0.4, 0.5) is 0 Å². The lowest BCUT2D eigenvalue weighted by atomic mass is 9.99. The van der Waals surface area contributed by atoms with E-state index in [1.165, 1.54) is 32.2 Å². The summed E-state index contributed by atoms with van der Waals surface area (Å²) >= 11 is 0. The van der Waals surface area contributed by atoms with E-state index in [0.29, 0.717) is 18.6 Å². The first-order valence-electron chi connectivity index (χ1n) is 8.03. The number of piperidine rings is 1. The molecule has 0 aromatic heterocycles. The Morgan fingerprint density at radius 1 is 1.15 bits per heavy atom. The quantitative estimate of drug-likeness (QED) is 0.757. The van der Waals surface area contributed by atoms with E-state index in [1.807, 2.05) is 6.92 Å². The molecule has 2 heterocycles. The monoisotopic (exact) mass is 301 g/mol. The van der Waals surface area contributed by atoms with Gasteiger partial charge in [0.25, 0.3) is 0 Å². The summed E-state index contributed by atoms with van der Waals surface area (Å²) in [4.78, 5) is 2.52. The number of nitrogens with one attached hydrogen (secondary N) is 2. The van der Waals surface area contributed by atoms with E-state index in [-0.39, 0.29) is 11.3 Å². The maximum Gasteiger partial charge on any atom is 0.215 e. The first kappa shape index (κ1) is 14.8. The molecule has 0 radical (unpaired) electrons. The van der Waals surface area contributed by atoms with Crippen molar-refractivity contribution in [1.29, 1.82) is 0 Å². The molecular weight excluding hydrogens is 274 g/mol. The van der Waals surface area contributed by atoms with Crippen LogP contribution in [0.1, 0.15) is 45.4 Å². The molecule has 5 nitrogen and oxygen atoms in total. The van der Waals surface area contributed by atoms with Gasteiger partial charge >= 0.3 is 0 Å². The Hall–Kier alpha value is -0.170. The van der Waals surface area contributed by atoms with E-state index < -0.39 is 10.0 Å². The van der Waals surface area contributed by atoms with Gasteiger partial charge in [0.15, 0.2) is 0 Å². The lowest BCUT2D eigenvalue weighted by Gasteiger charge is -2.35. The van der Waals surface area contributed by atoms with Crippen LogP contribution in [0.15, 0.2) is 0 Å². The Labute approximate surface area is 122 Å².